The van der Waals surface area contributed by atoms with E-state index in [1.807, 2.05) is 0 Å². The number of aromatic nitrogens is 1. The minimum Gasteiger partial charge on any atom is -0.369 e. The minimum absolute atomic E-state index is 0.0432. The molecule has 2 aromatic carbocycles. The number of halogens is 5. The third-order valence-corrected chi connectivity index (χ3v) is 5.85. The molecule has 1 aliphatic heterocycles. The molecule has 0 aliphatic carbocycles. The van der Waals surface area contributed by atoms with Crippen LogP contribution in [0.15, 0.2) is 54.6 Å². The van der Waals surface area contributed by atoms with Gasteiger partial charge >= 0.3 is 6.18 Å². The van der Waals surface area contributed by atoms with E-state index in [-0.39, 0.29) is 17.2 Å². The Balaban J connectivity index is 1.50. The molecular weight excluding hydrogens is 486 g/mol. The van der Waals surface area contributed by atoms with Gasteiger partial charge in [-0.3, -0.25) is 10.2 Å². The number of pyridine rings is 1. The summed E-state index contributed by atoms with van der Waals surface area (Å²) in [6.07, 6.45) is -4.68. The molecule has 2 heterocycles. The van der Waals surface area contributed by atoms with Gasteiger partial charge in [-0.05, 0) is 61.0 Å². The minimum atomic E-state index is -4.68. The second-order valence-corrected chi connectivity index (χ2v) is 8.50. The number of carbonyl (C=O) groups is 1. The Morgan fingerprint density at radius 2 is 1.69 bits per heavy atom. The molecule has 35 heavy (non-hydrogen) atoms. The molecule has 1 aliphatic rings. The molecule has 2 N–H and O–H groups in total. The number of carbonyl (C=O) groups excluding carboxylic acids is 1. The average Bonchev–Trinajstić information content (AvgIpc) is 2.82. The topological polar surface area (TPSA) is 60.5 Å². The van der Waals surface area contributed by atoms with Gasteiger partial charge in [-0.25, -0.2) is 14.4 Å². The number of aryl methyl sites for hydroxylation is 1. The molecule has 0 atom stereocenters. The van der Waals surface area contributed by atoms with Gasteiger partial charge in [-0.15, -0.1) is 0 Å². The van der Waals surface area contributed by atoms with Crippen molar-refractivity contribution in [2.75, 3.05) is 36.4 Å². The summed E-state index contributed by atoms with van der Waals surface area (Å²) in [6, 6.07) is 12.9. The molecule has 4 rings (SSSR count). The van der Waals surface area contributed by atoms with E-state index < -0.39 is 17.8 Å². The second-order valence-electron chi connectivity index (χ2n) is 8.07. The average molecular weight is 508 g/mol. The maximum Gasteiger partial charge on any atom is 0.433 e. The van der Waals surface area contributed by atoms with Gasteiger partial charge in [0.2, 0.25) is 0 Å². The van der Waals surface area contributed by atoms with Crippen molar-refractivity contribution < 1.29 is 22.4 Å². The number of nitrogens with one attached hydrogen (secondary N) is 2. The quantitative estimate of drug-likeness (QED) is 0.452. The fraction of sp³-hybridized carbons (Fsp3) is 0.250. The molecule has 3 aromatic rings. The SMILES string of the molecule is Cc1ccc(Cl)cc1Nc1nc(C(F)(F)F)ccc1C(=O)NN1CCN(c2ccc(F)cc2)CC1. The van der Waals surface area contributed by atoms with Gasteiger partial charge in [-0.1, -0.05) is 17.7 Å². The van der Waals surface area contributed by atoms with Crippen molar-refractivity contribution in [2.24, 2.45) is 0 Å². The molecule has 184 valence electrons. The van der Waals surface area contributed by atoms with Crippen LogP contribution >= 0.6 is 11.6 Å². The lowest BCUT2D eigenvalue weighted by Crippen LogP contribution is -2.53. The summed E-state index contributed by atoms with van der Waals surface area (Å²) in [7, 11) is 0. The Morgan fingerprint density at radius 3 is 2.34 bits per heavy atom. The van der Waals surface area contributed by atoms with Crippen LogP contribution in [0.25, 0.3) is 0 Å². The maximum atomic E-state index is 13.3. The largest absolute Gasteiger partial charge is 0.433 e. The zero-order valence-electron chi connectivity index (χ0n) is 18.7. The molecule has 1 amide bonds. The van der Waals surface area contributed by atoms with Gasteiger partial charge in [0.25, 0.3) is 5.91 Å². The van der Waals surface area contributed by atoms with E-state index in [1.54, 1.807) is 42.3 Å². The Hall–Kier alpha value is -3.37. The summed E-state index contributed by atoms with van der Waals surface area (Å²) in [5.41, 5.74) is 3.61. The van der Waals surface area contributed by atoms with Crippen molar-refractivity contribution in [3.8, 4) is 0 Å². The number of alkyl halides is 3. The van der Waals surface area contributed by atoms with E-state index in [1.165, 1.54) is 12.1 Å². The lowest BCUT2D eigenvalue weighted by Gasteiger charge is -2.36. The number of hydrazine groups is 1. The molecule has 0 radical (unpaired) electrons. The Bertz CT molecular complexity index is 1210. The lowest BCUT2D eigenvalue weighted by atomic mass is 10.1. The summed E-state index contributed by atoms with van der Waals surface area (Å²) in [5, 5.41) is 4.90. The first-order valence-electron chi connectivity index (χ1n) is 10.8. The third kappa shape index (κ3) is 6.01. The molecule has 0 spiro atoms. The summed E-state index contributed by atoms with van der Waals surface area (Å²) in [5.74, 6) is -1.14. The molecule has 1 aromatic heterocycles. The first kappa shape index (κ1) is 24.7. The maximum absolute atomic E-state index is 13.3. The number of nitrogens with zero attached hydrogens (tertiary/aromatic N) is 3. The van der Waals surface area contributed by atoms with Crippen molar-refractivity contribution in [3.63, 3.8) is 0 Å². The highest BCUT2D eigenvalue weighted by Gasteiger charge is 2.34. The van der Waals surface area contributed by atoms with Gasteiger partial charge in [0.15, 0.2) is 0 Å². The Labute approximate surface area is 204 Å². The van der Waals surface area contributed by atoms with Crippen LogP contribution in [0.4, 0.5) is 34.8 Å². The van der Waals surface area contributed by atoms with Crippen LogP contribution in [0.1, 0.15) is 21.6 Å². The predicted octanol–water partition coefficient (Wildman–Crippen LogP) is 5.41. The molecule has 0 saturated carbocycles. The monoisotopic (exact) mass is 507 g/mol. The lowest BCUT2D eigenvalue weighted by molar-refractivity contribution is -0.141. The van der Waals surface area contributed by atoms with Gasteiger partial charge in [0.05, 0.1) is 5.56 Å². The zero-order valence-corrected chi connectivity index (χ0v) is 19.4. The number of amides is 1. The Morgan fingerprint density at radius 1 is 1.00 bits per heavy atom. The summed E-state index contributed by atoms with van der Waals surface area (Å²) in [6.45, 7) is 3.83. The first-order chi connectivity index (χ1) is 16.6. The summed E-state index contributed by atoms with van der Waals surface area (Å²) < 4.78 is 53.1. The number of piperazine rings is 1. The van der Waals surface area contributed by atoms with E-state index in [2.05, 4.69) is 20.6 Å². The van der Waals surface area contributed by atoms with Crippen LogP contribution in [0.5, 0.6) is 0 Å². The molecule has 11 heteroatoms. The molecule has 1 saturated heterocycles. The standard InChI is InChI=1S/C24H22ClF4N5O/c1-15-2-3-16(25)14-20(15)30-22-19(8-9-21(31-22)24(27,28)29)23(35)32-34-12-10-33(11-13-34)18-6-4-17(26)5-7-18/h2-9,14H,10-13H2,1H3,(H,30,31)(H,32,35). The van der Waals surface area contributed by atoms with E-state index in [4.69, 9.17) is 11.6 Å². The van der Waals surface area contributed by atoms with Crippen molar-refractivity contribution in [1.29, 1.82) is 0 Å². The van der Waals surface area contributed by atoms with Crippen LogP contribution in [0.2, 0.25) is 5.02 Å². The fourth-order valence-electron chi connectivity index (χ4n) is 3.68. The number of benzene rings is 2. The number of anilines is 3. The van der Waals surface area contributed by atoms with Gasteiger partial charge in [0, 0.05) is 42.6 Å². The van der Waals surface area contributed by atoms with E-state index in [0.29, 0.717) is 36.9 Å². The molecule has 1 fully saturated rings. The molecular formula is C24H22ClF4N5O. The van der Waals surface area contributed by atoms with E-state index in [0.717, 1.165) is 23.4 Å². The van der Waals surface area contributed by atoms with Crippen molar-refractivity contribution >= 4 is 34.7 Å². The van der Waals surface area contributed by atoms with Crippen LogP contribution in [-0.2, 0) is 6.18 Å². The second kappa shape index (κ2) is 10.1. The molecule has 0 bridgehead atoms. The van der Waals surface area contributed by atoms with Crippen LogP contribution in [0, 0.1) is 12.7 Å². The van der Waals surface area contributed by atoms with Crippen molar-refractivity contribution in [1.82, 2.24) is 15.4 Å². The predicted molar refractivity (Wildman–Crippen MR) is 126 cm³/mol. The van der Waals surface area contributed by atoms with E-state index >= 15 is 0 Å². The number of rotatable bonds is 5. The third-order valence-electron chi connectivity index (χ3n) is 5.61. The van der Waals surface area contributed by atoms with Gasteiger partial charge in [0.1, 0.15) is 17.3 Å². The van der Waals surface area contributed by atoms with Crippen LogP contribution in [0.3, 0.4) is 0 Å². The number of hydrogen-bond donors (Lipinski definition) is 2. The van der Waals surface area contributed by atoms with Gasteiger partial charge < -0.3 is 10.2 Å². The van der Waals surface area contributed by atoms with Crippen molar-refractivity contribution in [2.45, 2.75) is 13.1 Å². The van der Waals surface area contributed by atoms with Gasteiger partial charge in [-0.2, -0.15) is 13.2 Å². The normalized spacial score (nSPS) is 14.6. The number of hydrogen-bond acceptors (Lipinski definition) is 5. The highest BCUT2D eigenvalue weighted by molar-refractivity contribution is 6.30. The smallest absolute Gasteiger partial charge is 0.369 e. The summed E-state index contributed by atoms with van der Waals surface area (Å²) in [4.78, 5) is 18.8. The van der Waals surface area contributed by atoms with E-state index in [9.17, 15) is 22.4 Å². The van der Waals surface area contributed by atoms with Crippen LogP contribution in [-0.4, -0.2) is 42.1 Å². The molecule has 6 nitrogen and oxygen atoms in total. The Kier molecular flexibility index (Phi) is 7.13. The highest BCUT2D eigenvalue weighted by atomic mass is 35.5. The molecule has 0 unspecified atom stereocenters. The fourth-order valence-corrected chi connectivity index (χ4v) is 3.86. The highest BCUT2D eigenvalue weighted by Crippen LogP contribution is 2.31. The zero-order chi connectivity index (χ0) is 25.2. The first-order valence-corrected chi connectivity index (χ1v) is 11.2. The van der Waals surface area contributed by atoms with Crippen molar-refractivity contribution in [3.05, 3.63) is 82.3 Å². The summed E-state index contributed by atoms with van der Waals surface area (Å²) >= 11 is 6.03. The van der Waals surface area contributed by atoms with Crippen LogP contribution < -0.4 is 15.6 Å².